The fourth-order valence-corrected chi connectivity index (χ4v) is 2.99. The molecule has 1 unspecified atom stereocenters. The maximum absolute atomic E-state index is 12.1. The van der Waals surface area contributed by atoms with Crippen molar-refractivity contribution in [2.45, 2.75) is 39.5 Å². The second-order valence-corrected chi connectivity index (χ2v) is 6.15. The van der Waals surface area contributed by atoms with Gasteiger partial charge in [-0.25, -0.2) is 0 Å². The van der Waals surface area contributed by atoms with Crippen molar-refractivity contribution in [3.05, 3.63) is 34.9 Å². The van der Waals surface area contributed by atoms with Gasteiger partial charge in [-0.3, -0.25) is 4.79 Å². The average Bonchev–Trinajstić information content (AvgIpc) is 2.44. The van der Waals surface area contributed by atoms with Crippen molar-refractivity contribution in [1.82, 2.24) is 4.90 Å². The van der Waals surface area contributed by atoms with E-state index in [4.69, 9.17) is 11.6 Å². The number of carbonyl (C=O) groups is 1. The minimum Gasteiger partial charge on any atom is -0.481 e. The molecule has 4 heteroatoms. The predicted octanol–water partition coefficient (Wildman–Crippen LogP) is 4.05. The lowest BCUT2D eigenvalue weighted by Gasteiger charge is -2.35. The molecule has 0 aromatic heterocycles. The summed E-state index contributed by atoms with van der Waals surface area (Å²) in [6.45, 7) is 10.8. The number of hydrogen-bond donors (Lipinski definition) is 1. The van der Waals surface area contributed by atoms with Crippen LogP contribution in [0.15, 0.2) is 24.3 Å². The van der Waals surface area contributed by atoms with Crippen molar-refractivity contribution >= 4 is 17.6 Å². The molecule has 1 aromatic carbocycles. The van der Waals surface area contributed by atoms with Gasteiger partial charge in [0.15, 0.2) is 0 Å². The molecule has 0 spiro atoms. The summed E-state index contributed by atoms with van der Waals surface area (Å²) in [4.78, 5) is 14.3. The highest BCUT2D eigenvalue weighted by Gasteiger charge is 2.43. The second-order valence-electron chi connectivity index (χ2n) is 5.71. The molecule has 0 aliphatic rings. The third-order valence-corrected chi connectivity index (χ3v) is 4.70. The molecule has 0 bridgehead atoms. The molecule has 0 amide bonds. The van der Waals surface area contributed by atoms with E-state index < -0.39 is 11.4 Å². The number of carboxylic acids is 1. The van der Waals surface area contributed by atoms with Crippen LogP contribution in [0.3, 0.4) is 0 Å². The van der Waals surface area contributed by atoms with Crippen molar-refractivity contribution < 1.29 is 9.90 Å². The van der Waals surface area contributed by atoms with Gasteiger partial charge in [-0.05, 0) is 49.7 Å². The number of rotatable bonds is 8. The van der Waals surface area contributed by atoms with Gasteiger partial charge in [0.25, 0.3) is 0 Å². The van der Waals surface area contributed by atoms with E-state index in [9.17, 15) is 9.90 Å². The molecule has 3 nitrogen and oxygen atoms in total. The molecular formula is C17H26ClNO2. The number of halogens is 1. The van der Waals surface area contributed by atoms with Gasteiger partial charge >= 0.3 is 5.97 Å². The Balaban J connectivity index is 3.16. The Morgan fingerprint density at radius 3 is 2.14 bits per heavy atom. The largest absolute Gasteiger partial charge is 0.481 e. The van der Waals surface area contributed by atoms with Crippen molar-refractivity contribution in [1.29, 1.82) is 0 Å². The molecule has 118 valence electrons. The van der Waals surface area contributed by atoms with Crippen LogP contribution < -0.4 is 0 Å². The first-order valence-electron chi connectivity index (χ1n) is 7.60. The lowest BCUT2D eigenvalue weighted by atomic mass is 9.69. The first kappa shape index (κ1) is 18.0. The topological polar surface area (TPSA) is 40.5 Å². The molecule has 21 heavy (non-hydrogen) atoms. The lowest BCUT2D eigenvalue weighted by Crippen LogP contribution is -2.44. The van der Waals surface area contributed by atoms with Crippen LogP contribution in [0.2, 0.25) is 5.02 Å². The molecule has 0 aliphatic carbocycles. The van der Waals surface area contributed by atoms with Crippen LogP contribution in [0, 0.1) is 5.92 Å². The highest BCUT2D eigenvalue weighted by molar-refractivity contribution is 6.30. The van der Waals surface area contributed by atoms with Crippen molar-refractivity contribution in [3.8, 4) is 0 Å². The molecule has 0 aliphatic heterocycles. The average molecular weight is 312 g/mol. The van der Waals surface area contributed by atoms with Crippen molar-refractivity contribution in [2.24, 2.45) is 5.92 Å². The maximum atomic E-state index is 12.1. The molecule has 1 rings (SSSR count). The SMILES string of the molecule is CCN(CC)CCC(C(=O)O)(c1ccc(Cl)cc1)C(C)C. The Hall–Kier alpha value is -1.06. The van der Waals surface area contributed by atoms with Crippen molar-refractivity contribution in [2.75, 3.05) is 19.6 Å². The smallest absolute Gasteiger partial charge is 0.314 e. The number of carboxylic acid groups (broad SMARTS) is 1. The van der Waals surface area contributed by atoms with E-state index in [1.165, 1.54) is 0 Å². The Labute approximate surface area is 132 Å². The molecule has 0 radical (unpaired) electrons. The Morgan fingerprint density at radius 1 is 1.24 bits per heavy atom. The number of nitrogens with zero attached hydrogens (tertiary/aromatic N) is 1. The molecule has 0 fully saturated rings. The zero-order valence-corrected chi connectivity index (χ0v) is 14.2. The normalized spacial score (nSPS) is 14.4. The zero-order valence-electron chi connectivity index (χ0n) is 13.4. The van der Waals surface area contributed by atoms with Crippen LogP contribution in [0.5, 0.6) is 0 Å². The van der Waals surface area contributed by atoms with Gasteiger partial charge in [0.2, 0.25) is 0 Å². The Bertz CT molecular complexity index is 454. The summed E-state index contributed by atoms with van der Waals surface area (Å²) in [7, 11) is 0. The van der Waals surface area contributed by atoms with Gasteiger partial charge in [0.05, 0.1) is 5.41 Å². The first-order valence-corrected chi connectivity index (χ1v) is 7.98. The monoisotopic (exact) mass is 311 g/mol. The molecule has 1 atom stereocenters. The molecule has 1 aromatic rings. The highest BCUT2D eigenvalue weighted by atomic mass is 35.5. The quantitative estimate of drug-likeness (QED) is 0.787. The van der Waals surface area contributed by atoms with E-state index >= 15 is 0 Å². The van der Waals surface area contributed by atoms with Gasteiger partial charge in [-0.1, -0.05) is 51.4 Å². The number of aliphatic carboxylic acids is 1. The van der Waals surface area contributed by atoms with Crippen LogP contribution in [0.1, 0.15) is 39.7 Å². The molecule has 0 saturated carbocycles. The summed E-state index contributed by atoms with van der Waals surface area (Å²) in [5, 5.41) is 10.6. The van der Waals surface area contributed by atoms with E-state index in [0.717, 1.165) is 25.2 Å². The third-order valence-electron chi connectivity index (χ3n) is 4.44. The molecule has 0 saturated heterocycles. The van der Waals surface area contributed by atoms with Gasteiger partial charge < -0.3 is 10.0 Å². The van der Waals surface area contributed by atoms with Crippen LogP contribution in [-0.4, -0.2) is 35.6 Å². The van der Waals surface area contributed by atoms with E-state index in [-0.39, 0.29) is 5.92 Å². The second kappa shape index (κ2) is 7.81. The standard InChI is InChI=1S/C17H26ClNO2/c1-5-19(6-2)12-11-17(13(3)4,16(20)21)14-7-9-15(18)10-8-14/h7-10,13H,5-6,11-12H2,1-4H3,(H,20,21). The molecule has 1 N–H and O–H groups in total. The minimum absolute atomic E-state index is 0.00624. The van der Waals surface area contributed by atoms with E-state index in [1.807, 2.05) is 26.0 Å². The van der Waals surface area contributed by atoms with Gasteiger partial charge in [-0.2, -0.15) is 0 Å². The van der Waals surface area contributed by atoms with Crippen LogP contribution in [0.25, 0.3) is 0 Å². The predicted molar refractivity (Wildman–Crippen MR) is 88.0 cm³/mol. The fraction of sp³-hybridized carbons (Fsp3) is 0.588. The first-order chi connectivity index (χ1) is 9.88. The summed E-state index contributed by atoms with van der Waals surface area (Å²) >= 11 is 5.94. The highest BCUT2D eigenvalue weighted by Crippen LogP contribution is 2.37. The number of benzene rings is 1. The van der Waals surface area contributed by atoms with Gasteiger partial charge in [-0.15, -0.1) is 0 Å². The van der Waals surface area contributed by atoms with E-state index in [1.54, 1.807) is 12.1 Å². The summed E-state index contributed by atoms with van der Waals surface area (Å²) in [6.07, 6.45) is 0.601. The van der Waals surface area contributed by atoms with Crippen LogP contribution in [-0.2, 0) is 10.2 Å². The van der Waals surface area contributed by atoms with Crippen LogP contribution >= 0.6 is 11.6 Å². The zero-order chi connectivity index (χ0) is 16.0. The maximum Gasteiger partial charge on any atom is 0.314 e. The van der Waals surface area contributed by atoms with Gasteiger partial charge in [0, 0.05) is 5.02 Å². The minimum atomic E-state index is -0.868. The van der Waals surface area contributed by atoms with Crippen LogP contribution in [0.4, 0.5) is 0 Å². The summed E-state index contributed by atoms with van der Waals surface area (Å²) < 4.78 is 0. The Kier molecular flexibility index (Phi) is 6.69. The lowest BCUT2D eigenvalue weighted by molar-refractivity contribution is -0.146. The third kappa shape index (κ3) is 3.98. The molecule has 0 heterocycles. The fourth-order valence-electron chi connectivity index (χ4n) is 2.87. The number of hydrogen-bond acceptors (Lipinski definition) is 2. The molecular weight excluding hydrogens is 286 g/mol. The summed E-state index contributed by atoms with van der Waals surface area (Å²) in [6, 6.07) is 7.24. The summed E-state index contributed by atoms with van der Waals surface area (Å²) in [5.41, 5.74) is -0.0331. The van der Waals surface area contributed by atoms with E-state index in [2.05, 4.69) is 18.7 Å². The summed E-state index contributed by atoms with van der Waals surface area (Å²) in [5.74, 6) is -0.751. The van der Waals surface area contributed by atoms with Crippen molar-refractivity contribution in [3.63, 3.8) is 0 Å². The van der Waals surface area contributed by atoms with E-state index in [0.29, 0.717) is 11.4 Å². The van der Waals surface area contributed by atoms with Gasteiger partial charge in [0.1, 0.15) is 0 Å². The Morgan fingerprint density at radius 2 is 1.76 bits per heavy atom.